The highest BCUT2D eigenvalue weighted by atomic mass is 32.1. The molecule has 3 aromatic heterocycles. The predicted molar refractivity (Wildman–Crippen MR) is 130 cm³/mol. The van der Waals surface area contributed by atoms with E-state index in [9.17, 15) is 0 Å². The molecule has 29 heavy (non-hydrogen) atoms. The summed E-state index contributed by atoms with van der Waals surface area (Å²) in [6, 6.07) is 25.0. The van der Waals surface area contributed by atoms with Gasteiger partial charge in [-0.3, -0.25) is 0 Å². The molecule has 0 atom stereocenters. The van der Waals surface area contributed by atoms with Crippen molar-refractivity contribution in [3.05, 3.63) is 117 Å². The van der Waals surface area contributed by atoms with Crippen LogP contribution in [-0.4, -0.2) is 9.59 Å². The number of rotatable bonds is 1. The summed E-state index contributed by atoms with van der Waals surface area (Å²) in [4.78, 5) is 0. The molecular weight excluding hydrogens is 412 g/mol. The van der Waals surface area contributed by atoms with Crippen molar-refractivity contribution >= 4 is 34.2 Å². The van der Waals surface area contributed by atoms with E-state index >= 15 is 0 Å². The maximum atomic E-state index is 3.51. The number of hydrogen-bond donors (Lipinski definition) is 0. The maximum Gasteiger partial charge on any atom is 0.0620 e. The van der Waals surface area contributed by atoms with Gasteiger partial charge < -0.3 is 0 Å². The Hall–Kier alpha value is -2.60. The maximum absolute atomic E-state index is 3.51. The normalized spacial score (nSPS) is 9.03. The van der Waals surface area contributed by atoms with Crippen molar-refractivity contribution in [2.75, 3.05) is 0 Å². The van der Waals surface area contributed by atoms with Gasteiger partial charge in [0, 0.05) is 5.38 Å². The number of aryl methyl sites for hydroxylation is 1. The Balaban J connectivity index is 0.000000162. The minimum atomic E-state index is 1.30. The predicted octanol–water partition coefficient (Wildman–Crippen LogP) is 8.00. The van der Waals surface area contributed by atoms with Crippen LogP contribution in [0.25, 0.3) is 11.1 Å². The van der Waals surface area contributed by atoms with Gasteiger partial charge in [-0.05, 0) is 69.2 Å². The molecule has 0 fully saturated rings. The summed E-state index contributed by atoms with van der Waals surface area (Å²) in [5.74, 6) is 0. The lowest BCUT2D eigenvalue weighted by molar-refractivity contribution is 1.16. The number of hydrogen-bond acceptors (Lipinski definition) is 5. The van der Waals surface area contributed by atoms with Gasteiger partial charge in [0.1, 0.15) is 0 Å². The first-order chi connectivity index (χ1) is 14.3. The summed E-state index contributed by atoms with van der Waals surface area (Å²) in [5.41, 5.74) is 5.37. The van der Waals surface area contributed by atoms with Gasteiger partial charge in [-0.2, -0.15) is 22.7 Å². The first kappa shape index (κ1) is 22.7. The third kappa shape index (κ3) is 9.43. The molecule has 0 radical (unpaired) electrons. The van der Waals surface area contributed by atoms with Crippen molar-refractivity contribution < 1.29 is 0 Å². The Morgan fingerprint density at radius 1 is 0.621 bits per heavy atom. The second kappa shape index (κ2) is 14.4. The van der Waals surface area contributed by atoms with Crippen LogP contribution in [0.4, 0.5) is 0 Å². The number of nitrogens with zero attached hydrogens (tertiary/aromatic N) is 2. The van der Waals surface area contributed by atoms with E-state index in [1.54, 1.807) is 28.9 Å². The SMILES string of the molecule is Cc1cccc(-c2ccccc2)c1C.c1ccsc1.c1ccsc1.c1csnn1. The number of benzene rings is 2. The molecule has 0 aliphatic rings. The second-order valence-electron chi connectivity index (χ2n) is 5.79. The molecule has 5 rings (SSSR count). The molecule has 0 saturated heterocycles. The average molecular weight is 437 g/mol. The third-order valence-corrected chi connectivity index (χ3v) is 5.51. The molecular formula is C24H24N2S3. The van der Waals surface area contributed by atoms with Crippen LogP contribution in [-0.2, 0) is 0 Å². The van der Waals surface area contributed by atoms with E-state index in [0.29, 0.717) is 0 Å². The van der Waals surface area contributed by atoms with Crippen LogP contribution in [0.3, 0.4) is 0 Å². The Morgan fingerprint density at radius 3 is 1.66 bits per heavy atom. The van der Waals surface area contributed by atoms with E-state index in [0.717, 1.165) is 0 Å². The fourth-order valence-corrected chi connectivity index (χ4v) is 3.45. The van der Waals surface area contributed by atoms with Crippen LogP contribution >= 0.6 is 34.2 Å². The van der Waals surface area contributed by atoms with Gasteiger partial charge in [-0.25, -0.2) is 0 Å². The molecule has 0 bridgehead atoms. The molecule has 2 aromatic carbocycles. The molecule has 0 aliphatic carbocycles. The lowest BCUT2D eigenvalue weighted by Crippen LogP contribution is -1.85. The Labute approximate surface area is 185 Å². The lowest BCUT2D eigenvalue weighted by Gasteiger charge is -2.07. The van der Waals surface area contributed by atoms with E-state index in [1.165, 1.54) is 33.8 Å². The molecule has 0 unspecified atom stereocenters. The summed E-state index contributed by atoms with van der Waals surface area (Å²) in [6.45, 7) is 4.33. The molecule has 2 nitrogen and oxygen atoms in total. The van der Waals surface area contributed by atoms with Gasteiger partial charge in [0.2, 0.25) is 0 Å². The fourth-order valence-electron chi connectivity index (χ4n) is 2.27. The first-order valence-electron chi connectivity index (χ1n) is 9.06. The second-order valence-corrected chi connectivity index (χ2v) is 8.07. The minimum absolute atomic E-state index is 1.30. The molecule has 0 spiro atoms. The van der Waals surface area contributed by atoms with Gasteiger partial charge in [0.25, 0.3) is 0 Å². The number of aromatic nitrogens is 2. The van der Waals surface area contributed by atoms with Gasteiger partial charge in [-0.1, -0.05) is 77.3 Å². The van der Waals surface area contributed by atoms with E-state index in [1.807, 2.05) is 51.2 Å². The van der Waals surface area contributed by atoms with Crippen molar-refractivity contribution in [2.24, 2.45) is 0 Å². The molecule has 0 aliphatic heterocycles. The molecule has 148 valence electrons. The van der Waals surface area contributed by atoms with Gasteiger partial charge in [-0.15, -0.1) is 5.10 Å². The minimum Gasteiger partial charge on any atom is -0.152 e. The van der Waals surface area contributed by atoms with Crippen LogP contribution in [0, 0.1) is 13.8 Å². The highest BCUT2D eigenvalue weighted by Crippen LogP contribution is 2.24. The van der Waals surface area contributed by atoms with E-state index in [4.69, 9.17) is 0 Å². The molecule has 3 heterocycles. The van der Waals surface area contributed by atoms with E-state index < -0.39 is 0 Å². The van der Waals surface area contributed by atoms with Crippen LogP contribution in [0.15, 0.2) is 106 Å². The zero-order chi connectivity index (χ0) is 20.6. The summed E-state index contributed by atoms with van der Waals surface area (Å²) < 4.78 is 3.51. The summed E-state index contributed by atoms with van der Waals surface area (Å²) in [6.07, 6.45) is 1.66. The standard InChI is InChI=1S/C14H14.2C4H4S.C2H2N2S/c1-11-7-6-10-14(12(11)2)13-8-4-3-5-9-13;2*1-2-4-5-3-1;1-2-5-4-3-1/h3-10H,1-2H3;2*1-4H;1-2H. The van der Waals surface area contributed by atoms with E-state index in [2.05, 4.69) is 72.0 Å². The summed E-state index contributed by atoms with van der Waals surface area (Å²) >= 11 is 4.78. The average Bonchev–Trinajstić information content (AvgIpc) is 3.58. The van der Waals surface area contributed by atoms with Crippen molar-refractivity contribution in [1.29, 1.82) is 0 Å². The zero-order valence-electron chi connectivity index (χ0n) is 16.5. The quantitative estimate of drug-likeness (QED) is 0.266. The Bertz CT molecular complexity index is 849. The summed E-state index contributed by atoms with van der Waals surface area (Å²) in [5, 5.41) is 13.5. The van der Waals surface area contributed by atoms with Crippen LogP contribution in [0.1, 0.15) is 11.1 Å². The monoisotopic (exact) mass is 436 g/mol. The van der Waals surface area contributed by atoms with Gasteiger partial charge in [0.05, 0.1) is 6.20 Å². The molecule has 5 aromatic rings. The number of thiophene rings is 2. The van der Waals surface area contributed by atoms with E-state index in [-0.39, 0.29) is 0 Å². The Kier molecular flexibility index (Phi) is 11.3. The van der Waals surface area contributed by atoms with Crippen molar-refractivity contribution in [1.82, 2.24) is 9.59 Å². The zero-order valence-corrected chi connectivity index (χ0v) is 19.0. The summed E-state index contributed by atoms with van der Waals surface area (Å²) in [7, 11) is 0. The van der Waals surface area contributed by atoms with Crippen molar-refractivity contribution in [3.8, 4) is 11.1 Å². The lowest BCUT2D eigenvalue weighted by atomic mass is 9.97. The molecule has 0 amide bonds. The third-order valence-electron chi connectivity index (χ3n) is 3.82. The van der Waals surface area contributed by atoms with Gasteiger partial charge in [0.15, 0.2) is 0 Å². The molecule has 5 heteroatoms. The molecule has 0 N–H and O–H groups in total. The fraction of sp³-hybridized carbons (Fsp3) is 0.0833. The van der Waals surface area contributed by atoms with Crippen LogP contribution in [0.5, 0.6) is 0 Å². The van der Waals surface area contributed by atoms with Crippen molar-refractivity contribution in [3.63, 3.8) is 0 Å². The largest absolute Gasteiger partial charge is 0.152 e. The highest BCUT2D eigenvalue weighted by Gasteiger charge is 2.01. The van der Waals surface area contributed by atoms with Crippen LogP contribution in [0.2, 0.25) is 0 Å². The van der Waals surface area contributed by atoms with Gasteiger partial charge >= 0.3 is 0 Å². The highest BCUT2D eigenvalue weighted by molar-refractivity contribution is 7.08. The Morgan fingerprint density at radius 2 is 1.24 bits per heavy atom. The smallest absolute Gasteiger partial charge is 0.0620 e. The topological polar surface area (TPSA) is 25.8 Å². The van der Waals surface area contributed by atoms with Crippen molar-refractivity contribution in [2.45, 2.75) is 13.8 Å². The molecule has 0 saturated carbocycles. The first-order valence-corrected chi connectivity index (χ1v) is 11.8. The van der Waals surface area contributed by atoms with Crippen LogP contribution < -0.4 is 0 Å².